The first-order valence-electron chi connectivity index (χ1n) is 10.8. The first kappa shape index (κ1) is 22.1. The van der Waals surface area contributed by atoms with Crippen molar-refractivity contribution in [3.8, 4) is 5.75 Å². The van der Waals surface area contributed by atoms with E-state index in [1.807, 2.05) is 86.6 Å². The molecule has 4 rings (SSSR count). The van der Waals surface area contributed by atoms with E-state index in [1.54, 1.807) is 12.1 Å². The number of aryl methyl sites for hydroxylation is 2. The number of fused-ring (bicyclic) bond motifs is 1. The Bertz CT molecular complexity index is 1300. The maximum Gasteiger partial charge on any atom is 0.259 e. The Kier molecular flexibility index (Phi) is 6.69. The molecule has 2 amide bonds. The highest BCUT2D eigenvalue weighted by atomic mass is 16.5. The van der Waals surface area contributed by atoms with Gasteiger partial charge in [-0.3, -0.25) is 9.59 Å². The first-order chi connectivity index (χ1) is 16.0. The molecule has 0 aliphatic heterocycles. The van der Waals surface area contributed by atoms with Crippen LogP contribution in [0.15, 0.2) is 84.9 Å². The summed E-state index contributed by atoms with van der Waals surface area (Å²) in [6, 6.07) is 26.9. The van der Waals surface area contributed by atoms with Crippen LogP contribution in [0.3, 0.4) is 0 Å². The van der Waals surface area contributed by atoms with Crippen LogP contribution in [0.4, 0.5) is 5.69 Å². The van der Waals surface area contributed by atoms with E-state index < -0.39 is 0 Å². The van der Waals surface area contributed by atoms with Gasteiger partial charge in [0.1, 0.15) is 5.75 Å². The number of carbonyl (C=O) groups excluding carboxylic acids is 2. The van der Waals surface area contributed by atoms with Gasteiger partial charge in [-0.05, 0) is 53.9 Å². The van der Waals surface area contributed by atoms with Crippen LogP contribution in [0.2, 0.25) is 0 Å². The van der Waals surface area contributed by atoms with Crippen molar-refractivity contribution < 1.29 is 14.3 Å². The van der Waals surface area contributed by atoms with Gasteiger partial charge in [0.25, 0.3) is 11.8 Å². The van der Waals surface area contributed by atoms with Crippen molar-refractivity contribution in [3.63, 3.8) is 0 Å². The summed E-state index contributed by atoms with van der Waals surface area (Å²) >= 11 is 0. The van der Waals surface area contributed by atoms with Crippen LogP contribution >= 0.6 is 0 Å². The summed E-state index contributed by atoms with van der Waals surface area (Å²) in [6.45, 7) is 4.19. The predicted octanol–water partition coefficient (Wildman–Crippen LogP) is 5.40. The van der Waals surface area contributed by atoms with E-state index in [-0.39, 0.29) is 18.4 Å². The van der Waals surface area contributed by atoms with Gasteiger partial charge in [-0.2, -0.15) is 0 Å². The minimum Gasteiger partial charge on any atom is -0.483 e. The number of amides is 2. The lowest BCUT2D eigenvalue weighted by Gasteiger charge is -2.14. The lowest BCUT2D eigenvalue weighted by Crippen LogP contribution is -2.28. The van der Waals surface area contributed by atoms with Crippen LogP contribution in [0, 0.1) is 13.8 Å². The van der Waals surface area contributed by atoms with E-state index in [2.05, 4.69) is 10.6 Å². The molecule has 0 unspecified atom stereocenters. The lowest BCUT2D eigenvalue weighted by atomic mass is 10.0. The highest BCUT2D eigenvalue weighted by Crippen LogP contribution is 2.27. The molecule has 0 saturated carbocycles. The third kappa shape index (κ3) is 5.57. The van der Waals surface area contributed by atoms with Gasteiger partial charge in [0, 0.05) is 12.2 Å². The number of hydrogen-bond acceptors (Lipinski definition) is 3. The zero-order chi connectivity index (χ0) is 23.2. The number of ether oxygens (including phenoxy) is 1. The Morgan fingerprint density at radius 2 is 1.48 bits per heavy atom. The number of para-hydroxylation sites is 1. The number of benzene rings is 4. The number of hydrogen-bond donors (Lipinski definition) is 2. The van der Waals surface area contributed by atoms with Crippen molar-refractivity contribution in [1.29, 1.82) is 0 Å². The fraction of sp³-hybridized carbons (Fsp3) is 0.143. The number of nitrogens with one attached hydrogen (secondary N) is 2. The molecule has 4 aromatic rings. The van der Waals surface area contributed by atoms with Crippen LogP contribution < -0.4 is 15.4 Å². The molecule has 0 atom stereocenters. The molecule has 5 nitrogen and oxygen atoms in total. The molecule has 0 heterocycles. The fourth-order valence-corrected chi connectivity index (χ4v) is 3.52. The molecular formula is C28H26N2O3. The molecule has 0 aliphatic carbocycles. The highest BCUT2D eigenvalue weighted by Gasteiger charge is 2.16. The summed E-state index contributed by atoms with van der Waals surface area (Å²) in [5.74, 6) is -0.176. The van der Waals surface area contributed by atoms with Crippen molar-refractivity contribution in [3.05, 3.63) is 107 Å². The Morgan fingerprint density at radius 1 is 0.818 bits per heavy atom. The van der Waals surface area contributed by atoms with Gasteiger partial charge in [-0.1, -0.05) is 72.3 Å². The standard InChI is InChI=1S/C28H26N2O3/c1-19-11-13-21(14-12-19)17-29-27(31)18-33-26-16-23-9-5-4-8-22(23)15-24(26)28(32)30-25-10-6-3-7-20(25)2/h3-16H,17-18H2,1-2H3,(H,29,31)(H,30,32). The van der Waals surface area contributed by atoms with Gasteiger partial charge in [0.05, 0.1) is 5.56 Å². The van der Waals surface area contributed by atoms with Gasteiger partial charge in [0.2, 0.25) is 0 Å². The minimum atomic E-state index is -0.287. The third-order valence-electron chi connectivity index (χ3n) is 5.45. The second kappa shape index (κ2) is 10.0. The van der Waals surface area contributed by atoms with Crippen LogP contribution in [-0.2, 0) is 11.3 Å². The number of carbonyl (C=O) groups is 2. The largest absolute Gasteiger partial charge is 0.483 e. The Labute approximate surface area is 193 Å². The molecule has 0 bridgehead atoms. The average Bonchev–Trinajstić information content (AvgIpc) is 2.83. The molecule has 0 aliphatic rings. The molecule has 0 spiro atoms. The summed E-state index contributed by atoms with van der Waals surface area (Å²) in [7, 11) is 0. The van der Waals surface area contributed by atoms with E-state index in [0.717, 1.165) is 27.6 Å². The van der Waals surface area contributed by atoms with E-state index >= 15 is 0 Å². The molecule has 0 fully saturated rings. The van der Waals surface area contributed by atoms with E-state index in [4.69, 9.17) is 4.74 Å². The van der Waals surface area contributed by atoms with Crippen LogP contribution in [-0.4, -0.2) is 18.4 Å². The molecule has 166 valence electrons. The quantitative estimate of drug-likeness (QED) is 0.406. The summed E-state index contributed by atoms with van der Waals surface area (Å²) < 4.78 is 5.83. The summed E-state index contributed by atoms with van der Waals surface area (Å²) in [5, 5.41) is 7.66. The molecule has 5 heteroatoms. The van der Waals surface area contributed by atoms with Gasteiger partial charge < -0.3 is 15.4 Å². The van der Waals surface area contributed by atoms with Crippen molar-refractivity contribution >= 4 is 28.3 Å². The molecule has 0 aromatic heterocycles. The van der Waals surface area contributed by atoms with Gasteiger partial charge in [-0.25, -0.2) is 0 Å². The zero-order valence-corrected chi connectivity index (χ0v) is 18.7. The molecule has 2 N–H and O–H groups in total. The molecule has 0 radical (unpaired) electrons. The van der Waals surface area contributed by atoms with E-state index in [0.29, 0.717) is 17.9 Å². The fourth-order valence-electron chi connectivity index (χ4n) is 3.52. The van der Waals surface area contributed by atoms with Crippen LogP contribution in [0.1, 0.15) is 27.0 Å². The lowest BCUT2D eigenvalue weighted by molar-refractivity contribution is -0.123. The van der Waals surface area contributed by atoms with E-state index in [9.17, 15) is 9.59 Å². The van der Waals surface area contributed by atoms with Crippen molar-refractivity contribution in [2.45, 2.75) is 20.4 Å². The molecule has 0 saturated heterocycles. The zero-order valence-electron chi connectivity index (χ0n) is 18.7. The normalized spacial score (nSPS) is 10.6. The highest BCUT2D eigenvalue weighted by molar-refractivity contribution is 6.09. The average molecular weight is 439 g/mol. The van der Waals surface area contributed by atoms with Crippen molar-refractivity contribution in [2.75, 3.05) is 11.9 Å². The topological polar surface area (TPSA) is 67.4 Å². The Hall–Kier alpha value is -4.12. The Morgan fingerprint density at radius 3 is 2.21 bits per heavy atom. The third-order valence-corrected chi connectivity index (χ3v) is 5.45. The summed E-state index contributed by atoms with van der Waals surface area (Å²) in [6.07, 6.45) is 0. The first-order valence-corrected chi connectivity index (χ1v) is 10.8. The van der Waals surface area contributed by atoms with Gasteiger partial charge >= 0.3 is 0 Å². The second-order valence-corrected chi connectivity index (χ2v) is 8.02. The molecule has 33 heavy (non-hydrogen) atoms. The molecule has 4 aromatic carbocycles. The van der Waals surface area contributed by atoms with Gasteiger partial charge in [-0.15, -0.1) is 0 Å². The van der Waals surface area contributed by atoms with Crippen molar-refractivity contribution in [2.24, 2.45) is 0 Å². The Balaban J connectivity index is 1.50. The van der Waals surface area contributed by atoms with Crippen LogP contribution in [0.5, 0.6) is 5.75 Å². The van der Waals surface area contributed by atoms with Crippen LogP contribution in [0.25, 0.3) is 10.8 Å². The summed E-state index contributed by atoms with van der Waals surface area (Å²) in [4.78, 5) is 25.5. The summed E-state index contributed by atoms with van der Waals surface area (Å²) in [5.41, 5.74) is 4.25. The second-order valence-electron chi connectivity index (χ2n) is 8.02. The van der Waals surface area contributed by atoms with E-state index in [1.165, 1.54) is 5.56 Å². The van der Waals surface area contributed by atoms with Crippen molar-refractivity contribution in [1.82, 2.24) is 5.32 Å². The smallest absolute Gasteiger partial charge is 0.259 e. The maximum absolute atomic E-state index is 13.1. The number of rotatable bonds is 7. The maximum atomic E-state index is 13.1. The number of anilines is 1. The predicted molar refractivity (Wildman–Crippen MR) is 132 cm³/mol. The molecular weight excluding hydrogens is 412 g/mol. The monoisotopic (exact) mass is 438 g/mol. The minimum absolute atomic E-state index is 0.186. The SMILES string of the molecule is Cc1ccc(CNC(=O)COc2cc3ccccc3cc2C(=O)Nc2ccccc2C)cc1. The van der Waals surface area contributed by atoms with Gasteiger partial charge in [0.15, 0.2) is 6.61 Å².